The number of carbonyl (C=O) groups is 2. The molecule has 0 aliphatic carbocycles. The first kappa shape index (κ1) is 24.4. The standard InChI is InChI=1S/C24H27FN2O5S/c1-5-32-23(28)21-20(13-33(30,31)18-10-11-19(25)15(4)12-18)26-24(29)27-22(21)17-8-6-16(7-9-17)14(2)3/h6-12,14,22H,5,13H2,1-4H3,(H2,26,27,29)/t22-/m0/s1. The highest BCUT2D eigenvalue weighted by molar-refractivity contribution is 7.91. The Balaban J connectivity index is 2.09. The van der Waals surface area contributed by atoms with Crippen LogP contribution in [0.25, 0.3) is 0 Å². The summed E-state index contributed by atoms with van der Waals surface area (Å²) in [5.41, 5.74) is 1.81. The largest absolute Gasteiger partial charge is 0.463 e. The van der Waals surface area contributed by atoms with Crippen LogP contribution < -0.4 is 10.6 Å². The van der Waals surface area contributed by atoms with Gasteiger partial charge in [0.25, 0.3) is 0 Å². The van der Waals surface area contributed by atoms with Gasteiger partial charge in [0.2, 0.25) is 0 Å². The van der Waals surface area contributed by atoms with E-state index in [1.165, 1.54) is 13.0 Å². The van der Waals surface area contributed by atoms with Gasteiger partial charge in [-0.15, -0.1) is 0 Å². The van der Waals surface area contributed by atoms with Gasteiger partial charge in [0, 0.05) is 5.70 Å². The minimum atomic E-state index is -4.00. The minimum Gasteiger partial charge on any atom is -0.463 e. The Morgan fingerprint density at radius 2 is 1.82 bits per heavy atom. The first-order chi connectivity index (χ1) is 15.5. The number of esters is 1. The summed E-state index contributed by atoms with van der Waals surface area (Å²) in [7, 11) is -4.00. The van der Waals surface area contributed by atoms with Crippen molar-refractivity contribution in [1.29, 1.82) is 0 Å². The molecule has 0 saturated carbocycles. The van der Waals surface area contributed by atoms with Crippen molar-refractivity contribution in [2.75, 3.05) is 12.4 Å². The Morgan fingerprint density at radius 1 is 1.15 bits per heavy atom. The summed E-state index contributed by atoms with van der Waals surface area (Å²) in [6.45, 7) is 7.27. The molecule has 0 saturated heterocycles. The summed E-state index contributed by atoms with van der Waals surface area (Å²) in [6, 6.07) is 9.31. The second-order valence-corrected chi connectivity index (χ2v) is 10.1. The lowest BCUT2D eigenvalue weighted by Crippen LogP contribution is -2.47. The molecule has 2 aromatic carbocycles. The third-order valence-corrected chi connectivity index (χ3v) is 7.05. The fourth-order valence-electron chi connectivity index (χ4n) is 3.59. The maximum Gasteiger partial charge on any atom is 0.338 e. The molecule has 1 aliphatic rings. The number of urea groups is 1. The van der Waals surface area contributed by atoms with Gasteiger partial charge in [0.05, 0.1) is 28.9 Å². The lowest BCUT2D eigenvalue weighted by atomic mass is 9.93. The molecule has 2 amide bonds. The molecule has 2 aromatic rings. The lowest BCUT2D eigenvalue weighted by Gasteiger charge is -2.29. The smallest absolute Gasteiger partial charge is 0.338 e. The highest BCUT2D eigenvalue weighted by Crippen LogP contribution is 2.30. The van der Waals surface area contributed by atoms with Crippen LogP contribution in [0.15, 0.2) is 58.6 Å². The first-order valence-electron chi connectivity index (χ1n) is 10.6. The van der Waals surface area contributed by atoms with Crippen LogP contribution in [0.1, 0.15) is 49.4 Å². The molecule has 1 aliphatic heterocycles. The van der Waals surface area contributed by atoms with E-state index in [0.717, 1.165) is 17.7 Å². The van der Waals surface area contributed by atoms with Crippen LogP contribution >= 0.6 is 0 Å². The van der Waals surface area contributed by atoms with E-state index in [4.69, 9.17) is 4.74 Å². The number of ether oxygens (including phenoxy) is 1. The maximum atomic E-state index is 13.6. The van der Waals surface area contributed by atoms with E-state index < -0.39 is 39.4 Å². The van der Waals surface area contributed by atoms with Crippen molar-refractivity contribution >= 4 is 21.8 Å². The van der Waals surface area contributed by atoms with Crippen LogP contribution in [0.2, 0.25) is 0 Å². The van der Waals surface area contributed by atoms with E-state index in [1.54, 1.807) is 19.1 Å². The van der Waals surface area contributed by atoms with Crippen LogP contribution in [0, 0.1) is 12.7 Å². The molecule has 0 bridgehead atoms. The Labute approximate surface area is 192 Å². The summed E-state index contributed by atoms with van der Waals surface area (Å²) in [5, 5.41) is 5.15. The number of aryl methyl sites for hydroxylation is 1. The Kier molecular flexibility index (Phi) is 7.22. The molecule has 0 radical (unpaired) electrons. The van der Waals surface area contributed by atoms with Gasteiger partial charge in [-0.3, -0.25) is 0 Å². The zero-order valence-corrected chi connectivity index (χ0v) is 19.8. The quantitative estimate of drug-likeness (QED) is 0.468. The second-order valence-electron chi connectivity index (χ2n) is 8.14. The molecular formula is C24H27FN2O5S. The molecule has 1 atom stereocenters. The molecule has 3 rings (SSSR count). The summed E-state index contributed by atoms with van der Waals surface area (Å²) < 4.78 is 45.0. The van der Waals surface area contributed by atoms with Crippen molar-refractivity contribution in [3.63, 3.8) is 0 Å². The van der Waals surface area contributed by atoms with Gasteiger partial charge < -0.3 is 15.4 Å². The van der Waals surface area contributed by atoms with Gasteiger partial charge in [-0.1, -0.05) is 38.1 Å². The molecule has 33 heavy (non-hydrogen) atoms. The normalized spacial score (nSPS) is 16.4. The van der Waals surface area contributed by atoms with Crippen molar-refractivity contribution in [3.8, 4) is 0 Å². The van der Waals surface area contributed by atoms with E-state index in [1.807, 2.05) is 26.0 Å². The number of carbonyl (C=O) groups excluding carboxylic acids is 2. The van der Waals surface area contributed by atoms with Crippen molar-refractivity contribution in [1.82, 2.24) is 10.6 Å². The number of rotatable bonds is 7. The third kappa shape index (κ3) is 5.42. The minimum absolute atomic E-state index is 0.0103. The molecule has 0 spiro atoms. The lowest BCUT2D eigenvalue weighted by molar-refractivity contribution is -0.139. The fourth-order valence-corrected chi connectivity index (χ4v) is 5.00. The number of halogens is 1. The number of hydrogen-bond acceptors (Lipinski definition) is 5. The maximum absolute atomic E-state index is 13.6. The van der Waals surface area contributed by atoms with E-state index in [2.05, 4.69) is 10.6 Å². The fraction of sp³-hybridized carbons (Fsp3) is 0.333. The van der Waals surface area contributed by atoms with E-state index >= 15 is 0 Å². The van der Waals surface area contributed by atoms with Crippen molar-refractivity contribution in [2.24, 2.45) is 0 Å². The highest BCUT2D eigenvalue weighted by atomic mass is 32.2. The number of sulfone groups is 1. The van der Waals surface area contributed by atoms with Gasteiger partial charge in [0.15, 0.2) is 9.84 Å². The molecular weight excluding hydrogens is 447 g/mol. The average Bonchev–Trinajstić information content (AvgIpc) is 2.75. The van der Waals surface area contributed by atoms with Crippen LogP contribution in [-0.2, 0) is 19.4 Å². The SMILES string of the molecule is CCOC(=O)C1=C(CS(=O)(=O)c2ccc(F)c(C)c2)NC(=O)N[C@H]1c1ccc(C(C)C)cc1. The molecule has 9 heteroatoms. The summed E-state index contributed by atoms with van der Waals surface area (Å²) in [5.74, 6) is -1.62. The molecule has 2 N–H and O–H groups in total. The van der Waals surface area contributed by atoms with E-state index in [0.29, 0.717) is 11.5 Å². The summed E-state index contributed by atoms with van der Waals surface area (Å²) in [4.78, 5) is 25.2. The molecule has 7 nitrogen and oxygen atoms in total. The van der Waals surface area contributed by atoms with Crippen LogP contribution in [0.3, 0.4) is 0 Å². The van der Waals surface area contributed by atoms with Gasteiger partial charge in [-0.2, -0.15) is 0 Å². The highest BCUT2D eigenvalue weighted by Gasteiger charge is 2.35. The molecule has 176 valence electrons. The molecule has 0 fully saturated rings. The first-order valence-corrected chi connectivity index (χ1v) is 12.2. The van der Waals surface area contributed by atoms with Crippen molar-refractivity contribution in [3.05, 3.63) is 76.2 Å². The predicted octanol–water partition coefficient (Wildman–Crippen LogP) is 3.90. The second kappa shape index (κ2) is 9.74. The number of nitrogens with one attached hydrogen (secondary N) is 2. The van der Waals surface area contributed by atoms with Gasteiger partial charge in [-0.25, -0.2) is 22.4 Å². The molecule has 0 unspecified atom stereocenters. The van der Waals surface area contributed by atoms with Gasteiger partial charge in [-0.05, 0) is 54.7 Å². The zero-order chi connectivity index (χ0) is 24.3. The number of amides is 2. The Hall–Kier alpha value is -3.20. The molecule has 0 aromatic heterocycles. The summed E-state index contributed by atoms with van der Waals surface area (Å²) in [6.07, 6.45) is 0. The van der Waals surface area contributed by atoms with E-state index in [-0.39, 0.29) is 28.3 Å². The molecule has 1 heterocycles. The predicted molar refractivity (Wildman–Crippen MR) is 122 cm³/mol. The van der Waals surface area contributed by atoms with Crippen LogP contribution in [0.4, 0.5) is 9.18 Å². The Morgan fingerprint density at radius 3 is 2.39 bits per heavy atom. The number of hydrogen-bond donors (Lipinski definition) is 2. The average molecular weight is 475 g/mol. The van der Waals surface area contributed by atoms with Crippen molar-refractivity contribution in [2.45, 2.75) is 44.6 Å². The van der Waals surface area contributed by atoms with E-state index in [9.17, 15) is 22.4 Å². The van der Waals surface area contributed by atoms with Crippen LogP contribution in [-0.4, -0.2) is 32.8 Å². The monoisotopic (exact) mass is 474 g/mol. The zero-order valence-electron chi connectivity index (χ0n) is 18.9. The van der Waals surface area contributed by atoms with Crippen LogP contribution in [0.5, 0.6) is 0 Å². The third-order valence-electron chi connectivity index (χ3n) is 5.41. The van der Waals surface area contributed by atoms with Crippen molar-refractivity contribution < 1.29 is 27.1 Å². The van der Waals surface area contributed by atoms with Gasteiger partial charge >= 0.3 is 12.0 Å². The number of benzene rings is 2. The van der Waals surface area contributed by atoms with Gasteiger partial charge in [0.1, 0.15) is 5.82 Å². The topological polar surface area (TPSA) is 102 Å². The summed E-state index contributed by atoms with van der Waals surface area (Å²) >= 11 is 0. The Bertz CT molecular complexity index is 1200.